The van der Waals surface area contributed by atoms with E-state index >= 15 is 0 Å². The Bertz CT molecular complexity index is 647. The number of nitrogens with zero attached hydrogens (tertiary/aromatic N) is 2. The molecule has 22 heavy (non-hydrogen) atoms. The number of anilines is 1. The zero-order chi connectivity index (χ0) is 15.4. The fourth-order valence-electron chi connectivity index (χ4n) is 2.34. The molecular formula is C17H16ClFN2O. The van der Waals surface area contributed by atoms with Crippen LogP contribution < -0.4 is 4.90 Å². The van der Waals surface area contributed by atoms with E-state index in [1.54, 1.807) is 12.1 Å². The summed E-state index contributed by atoms with van der Waals surface area (Å²) in [4.78, 5) is 6.56. The van der Waals surface area contributed by atoms with Crippen LogP contribution in [0.2, 0.25) is 5.02 Å². The van der Waals surface area contributed by atoms with Crippen molar-refractivity contribution in [2.45, 2.75) is 0 Å². The van der Waals surface area contributed by atoms with Gasteiger partial charge in [0, 0.05) is 30.6 Å². The van der Waals surface area contributed by atoms with Crippen LogP contribution in [0.1, 0.15) is 5.56 Å². The molecule has 1 aliphatic heterocycles. The summed E-state index contributed by atoms with van der Waals surface area (Å²) in [5, 5.41) is 0.355. The van der Waals surface area contributed by atoms with Gasteiger partial charge < -0.3 is 9.64 Å². The Labute approximate surface area is 134 Å². The standard InChI is InChI=1S/C17H16ClFN2O/c18-16-2-1-3-17(19)15(16)12-20-13-4-6-14(7-5-13)21-8-10-22-11-9-21/h1-7,12H,8-11H2. The molecule has 0 saturated carbocycles. The normalized spacial score (nSPS) is 15.5. The van der Waals surface area contributed by atoms with Gasteiger partial charge >= 0.3 is 0 Å². The van der Waals surface area contributed by atoms with Gasteiger partial charge in [-0.05, 0) is 36.4 Å². The fraction of sp³-hybridized carbons (Fsp3) is 0.235. The molecule has 3 nitrogen and oxygen atoms in total. The molecule has 3 rings (SSSR count). The highest BCUT2D eigenvalue weighted by molar-refractivity contribution is 6.33. The summed E-state index contributed by atoms with van der Waals surface area (Å²) in [6.07, 6.45) is 1.46. The molecule has 2 aromatic rings. The minimum atomic E-state index is -0.374. The van der Waals surface area contributed by atoms with Crippen molar-refractivity contribution in [1.82, 2.24) is 0 Å². The van der Waals surface area contributed by atoms with Gasteiger partial charge in [-0.2, -0.15) is 0 Å². The quantitative estimate of drug-likeness (QED) is 0.797. The zero-order valence-electron chi connectivity index (χ0n) is 12.0. The van der Waals surface area contributed by atoms with Gasteiger partial charge in [-0.3, -0.25) is 4.99 Å². The highest BCUT2D eigenvalue weighted by Gasteiger charge is 2.10. The smallest absolute Gasteiger partial charge is 0.133 e. The number of morpholine rings is 1. The number of hydrogen-bond acceptors (Lipinski definition) is 3. The van der Waals surface area contributed by atoms with Crippen LogP contribution >= 0.6 is 11.6 Å². The second-order valence-electron chi connectivity index (χ2n) is 5.01. The second kappa shape index (κ2) is 6.90. The van der Waals surface area contributed by atoms with Crippen LogP contribution in [0.25, 0.3) is 0 Å². The Hall–Kier alpha value is -1.91. The summed E-state index contributed by atoms with van der Waals surface area (Å²) in [5.74, 6) is -0.374. The van der Waals surface area contributed by atoms with Crippen LogP contribution in [0.15, 0.2) is 47.5 Å². The first-order chi connectivity index (χ1) is 10.7. The molecule has 0 aromatic heterocycles. The summed E-state index contributed by atoms with van der Waals surface area (Å²) >= 11 is 5.97. The SMILES string of the molecule is Fc1cccc(Cl)c1C=Nc1ccc(N2CCOCC2)cc1. The average Bonchev–Trinajstić information content (AvgIpc) is 2.56. The summed E-state index contributed by atoms with van der Waals surface area (Å²) in [5.41, 5.74) is 2.21. The van der Waals surface area contributed by atoms with Crippen LogP contribution in [0.5, 0.6) is 0 Å². The van der Waals surface area contributed by atoms with Gasteiger partial charge in [0.2, 0.25) is 0 Å². The third-order valence-electron chi connectivity index (χ3n) is 3.57. The van der Waals surface area contributed by atoms with Crippen LogP contribution in [0.4, 0.5) is 15.8 Å². The van der Waals surface area contributed by atoms with Crippen LogP contribution in [0, 0.1) is 5.82 Å². The number of halogens is 2. The predicted molar refractivity (Wildman–Crippen MR) is 88.1 cm³/mol. The van der Waals surface area contributed by atoms with Crippen LogP contribution in [0.3, 0.4) is 0 Å². The monoisotopic (exact) mass is 318 g/mol. The molecule has 2 aromatic carbocycles. The Morgan fingerprint density at radius 3 is 2.50 bits per heavy atom. The van der Waals surface area contributed by atoms with E-state index in [0.717, 1.165) is 37.7 Å². The zero-order valence-corrected chi connectivity index (χ0v) is 12.8. The number of hydrogen-bond donors (Lipinski definition) is 0. The van der Waals surface area contributed by atoms with E-state index in [4.69, 9.17) is 16.3 Å². The topological polar surface area (TPSA) is 24.8 Å². The highest BCUT2D eigenvalue weighted by Crippen LogP contribution is 2.22. The van der Waals surface area contributed by atoms with Gasteiger partial charge in [0.1, 0.15) is 5.82 Å². The van der Waals surface area contributed by atoms with E-state index in [1.807, 2.05) is 24.3 Å². The number of ether oxygens (including phenoxy) is 1. The molecule has 5 heteroatoms. The summed E-state index contributed by atoms with van der Waals surface area (Å²) < 4.78 is 19.0. The van der Waals surface area contributed by atoms with Crippen molar-refractivity contribution in [3.63, 3.8) is 0 Å². The maximum Gasteiger partial charge on any atom is 0.133 e. The molecule has 0 amide bonds. The van der Waals surface area contributed by atoms with E-state index in [2.05, 4.69) is 9.89 Å². The van der Waals surface area contributed by atoms with E-state index in [9.17, 15) is 4.39 Å². The molecule has 1 saturated heterocycles. The van der Waals surface area contributed by atoms with Gasteiger partial charge in [0.15, 0.2) is 0 Å². The van der Waals surface area contributed by atoms with Crippen molar-refractivity contribution in [3.05, 3.63) is 58.9 Å². The van der Waals surface area contributed by atoms with Crippen molar-refractivity contribution in [3.8, 4) is 0 Å². The lowest BCUT2D eigenvalue weighted by atomic mass is 10.2. The van der Waals surface area contributed by atoms with E-state index in [1.165, 1.54) is 12.3 Å². The summed E-state index contributed by atoms with van der Waals surface area (Å²) in [6.45, 7) is 3.30. The van der Waals surface area contributed by atoms with Crippen molar-refractivity contribution >= 4 is 29.2 Å². The first-order valence-electron chi connectivity index (χ1n) is 7.15. The average molecular weight is 319 g/mol. The van der Waals surface area contributed by atoms with Gasteiger partial charge in [0.05, 0.1) is 23.9 Å². The maximum absolute atomic E-state index is 13.7. The molecule has 0 unspecified atom stereocenters. The largest absolute Gasteiger partial charge is 0.378 e. The van der Waals surface area contributed by atoms with Gasteiger partial charge in [-0.15, -0.1) is 0 Å². The lowest BCUT2D eigenvalue weighted by Crippen LogP contribution is -2.36. The van der Waals surface area contributed by atoms with E-state index < -0.39 is 0 Å². The molecule has 0 spiro atoms. The summed E-state index contributed by atoms with van der Waals surface area (Å²) in [7, 11) is 0. The number of rotatable bonds is 3. The lowest BCUT2D eigenvalue weighted by Gasteiger charge is -2.28. The molecule has 1 fully saturated rings. The molecule has 0 N–H and O–H groups in total. The van der Waals surface area contributed by atoms with Gasteiger partial charge in [-0.25, -0.2) is 4.39 Å². The van der Waals surface area contributed by atoms with E-state index in [-0.39, 0.29) is 5.82 Å². The minimum Gasteiger partial charge on any atom is -0.378 e. The van der Waals surface area contributed by atoms with E-state index in [0.29, 0.717) is 10.6 Å². The third-order valence-corrected chi connectivity index (χ3v) is 3.90. The second-order valence-corrected chi connectivity index (χ2v) is 5.42. The number of benzene rings is 2. The fourth-order valence-corrected chi connectivity index (χ4v) is 2.56. The predicted octanol–water partition coefficient (Wildman–Crippen LogP) is 4.07. The van der Waals surface area contributed by atoms with Gasteiger partial charge in [-0.1, -0.05) is 17.7 Å². The molecule has 0 bridgehead atoms. The third kappa shape index (κ3) is 3.46. The first-order valence-corrected chi connectivity index (χ1v) is 7.53. The van der Waals surface area contributed by atoms with Crippen molar-refractivity contribution in [2.24, 2.45) is 4.99 Å². The van der Waals surface area contributed by atoms with Crippen LogP contribution in [-0.2, 0) is 4.74 Å². The number of aliphatic imine (C=N–C) groups is 1. The molecule has 114 valence electrons. The van der Waals surface area contributed by atoms with Crippen LogP contribution in [-0.4, -0.2) is 32.5 Å². The molecule has 0 atom stereocenters. The Balaban J connectivity index is 1.74. The molecule has 1 heterocycles. The Kier molecular flexibility index (Phi) is 4.71. The molecular weight excluding hydrogens is 303 g/mol. The Morgan fingerprint density at radius 2 is 1.82 bits per heavy atom. The maximum atomic E-state index is 13.7. The van der Waals surface area contributed by atoms with Gasteiger partial charge in [0.25, 0.3) is 0 Å². The highest BCUT2D eigenvalue weighted by atomic mass is 35.5. The van der Waals surface area contributed by atoms with Crippen molar-refractivity contribution in [2.75, 3.05) is 31.2 Å². The molecule has 0 aliphatic carbocycles. The Morgan fingerprint density at radius 1 is 1.09 bits per heavy atom. The summed E-state index contributed by atoms with van der Waals surface area (Å²) in [6, 6.07) is 12.4. The van der Waals surface area contributed by atoms with Crippen molar-refractivity contribution < 1.29 is 9.13 Å². The lowest BCUT2D eigenvalue weighted by molar-refractivity contribution is 0.122. The molecule has 1 aliphatic rings. The first kappa shape index (κ1) is 15.0. The van der Waals surface area contributed by atoms with Crippen molar-refractivity contribution in [1.29, 1.82) is 0 Å². The minimum absolute atomic E-state index is 0.307. The molecule has 0 radical (unpaired) electrons.